The molecule has 0 unspecified atom stereocenters. The average molecular weight is 359 g/mol. The molecule has 0 saturated heterocycles. The fourth-order valence-electron chi connectivity index (χ4n) is 2.85. The van der Waals surface area contributed by atoms with E-state index in [1.807, 2.05) is 46.4 Å². The number of benzene rings is 1. The molecule has 0 spiro atoms. The second kappa shape index (κ2) is 7.76. The molecule has 0 amide bonds. The number of hydrogen-bond acceptors (Lipinski definition) is 5. The number of unbranched alkanes of at least 4 members (excludes halogenated alkanes) is 1. The summed E-state index contributed by atoms with van der Waals surface area (Å²) < 4.78 is 33.7. The number of rotatable bonds is 7. The van der Waals surface area contributed by atoms with Crippen molar-refractivity contribution in [2.75, 3.05) is 17.3 Å². The highest BCUT2D eigenvalue weighted by atomic mass is 32.2. The van der Waals surface area contributed by atoms with E-state index in [4.69, 9.17) is 0 Å². The van der Waals surface area contributed by atoms with Crippen molar-refractivity contribution in [2.24, 2.45) is 5.10 Å². The lowest BCUT2D eigenvalue weighted by Gasteiger charge is -2.11. The van der Waals surface area contributed by atoms with E-state index in [0.717, 1.165) is 24.2 Å². The van der Waals surface area contributed by atoms with Crippen LogP contribution in [0.2, 0.25) is 0 Å². The summed E-state index contributed by atoms with van der Waals surface area (Å²) in [6, 6.07) is 12.2. The lowest BCUT2D eigenvalue weighted by molar-refractivity contribution is -0.697. The van der Waals surface area contributed by atoms with Gasteiger partial charge in [0.05, 0.1) is 22.0 Å². The van der Waals surface area contributed by atoms with Crippen molar-refractivity contribution in [3.63, 3.8) is 0 Å². The van der Waals surface area contributed by atoms with Crippen molar-refractivity contribution in [1.82, 2.24) is 0 Å². The largest absolute Gasteiger partial charge is 0.748 e. The first-order valence-corrected chi connectivity index (χ1v) is 9.91. The van der Waals surface area contributed by atoms with Gasteiger partial charge < -0.3 is 4.55 Å². The number of pyridine rings is 1. The third-order valence-corrected chi connectivity index (χ3v) is 4.98. The van der Waals surface area contributed by atoms with Gasteiger partial charge in [0.25, 0.3) is 0 Å². The lowest BCUT2D eigenvalue weighted by atomic mass is 10.2. The second-order valence-electron chi connectivity index (χ2n) is 6.08. The zero-order valence-electron chi connectivity index (χ0n) is 13.9. The number of hydrazone groups is 1. The second-order valence-corrected chi connectivity index (χ2v) is 7.61. The molecule has 0 N–H and O–H groups in total. The molecule has 0 saturated carbocycles. The van der Waals surface area contributed by atoms with E-state index in [1.54, 1.807) is 0 Å². The Hall–Kier alpha value is -2.25. The van der Waals surface area contributed by atoms with Gasteiger partial charge in [0.1, 0.15) is 6.54 Å². The third kappa shape index (κ3) is 5.11. The van der Waals surface area contributed by atoms with Gasteiger partial charge in [-0.15, -0.1) is 0 Å². The van der Waals surface area contributed by atoms with Crippen molar-refractivity contribution < 1.29 is 17.5 Å². The van der Waals surface area contributed by atoms with Crippen molar-refractivity contribution >= 4 is 22.0 Å². The van der Waals surface area contributed by atoms with Crippen LogP contribution in [0.3, 0.4) is 0 Å². The molecule has 132 valence electrons. The highest BCUT2D eigenvalue weighted by molar-refractivity contribution is 7.85. The van der Waals surface area contributed by atoms with Crippen LogP contribution in [-0.4, -0.2) is 31.5 Å². The first kappa shape index (κ1) is 17.6. The summed E-state index contributed by atoms with van der Waals surface area (Å²) in [4.78, 5) is 0. The van der Waals surface area contributed by atoms with Crippen LogP contribution >= 0.6 is 0 Å². The van der Waals surface area contributed by atoms with Crippen LogP contribution in [0.15, 0.2) is 53.9 Å². The first-order chi connectivity index (χ1) is 12.0. The van der Waals surface area contributed by atoms with Crippen LogP contribution < -0.4 is 9.58 Å². The minimum atomic E-state index is -4.10. The maximum absolute atomic E-state index is 10.6. The molecule has 0 radical (unpaired) electrons. The summed E-state index contributed by atoms with van der Waals surface area (Å²) >= 11 is 0. The summed E-state index contributed by atoms with van der Waals surface area (Å²) in [5, 5.41) is 6.58. The molecule has 1 aromatic heterocycles. The summed E-state index contributed by atoms with van der Waals surface area (Å²) in [5.74, 6) is -0.296. The number of fused-ring (bicyclic) bond motifs is 1. The van der Waals surface area contributed by atoms with E-state index in [-0.39, 0.29) is 5.75 Å². The number of anilines is 1. The van der Waals surface area contributed by atoms with Gasteiger partial charge in [-0.1, -0.05) is 18.2 Å². The van der Waals surface area contributed by atoms with Crippen molar-refractivity contribution in [3.05, 3.63) is 59.9 Å². The Labute approximate surface area is 148 Å². The van der Waals surface area contributed by atoms with Crippen LogP contribution in [0.4, 0.5) is 5.69 Å². The average Bonchev–Trinajstić information content (AvgIpc) is 3.00. The molecule has 2 aromatic rings. The summed E-state index contributed by atoms with van der Waals surface area (Å²) in [7, 11) is -4.10. The molecule has 2 heterocycles. The van der Waals surface area contributed by atoms with Gasteiger partial charge in [-0.05, 0) is 24.5 Å². The van der Waals surface area contributed by atoms with Gasteiger partial charge in [-0.3, -0.25) is 5.01 Å². The van der Waals surface area contributed by atoms with Gasteiger partial charge in [0.15, 0.2) is 12.4 Å². The van der Waals surface area contributed by atoms with Crippen molar-refractivity contribution in [1.29, 1.82) is 0 Å². The predicted octanol–water partition coefficient (Wildman–Crippen LogP) is 1.70. The molecule has 25 heavy (non-hydrogen) atoms. The molecule has 0 fully saturated rings. The van der Waals surface area contributed by atoms with Crippen LogP contribution in [-0.2, 0) is 23.1 Å². The monoisotopic (exact) mass is 359 g/mol. The Morgan fingerprint density at radius 3 is 2.68 bits per heavy atom. The van der Waals surface area contributed by atoms with E-state index < -0.39 is 10.1 Å². The zero-order valence-corrected chi connectivity index (χ0v) is 14.7. The van der Waals surface area contributed by atoms with Gasteiger partial charge >= 0.3 is 0 Å². The van der Waals surface area contributed by atoms with Crippen LogP contribution in [0.25, 0.3) is 0 Å². The standard InChI is InChI=1S/C18H21N3O3S/c22-25(23,24)14-4-3-10-20-11-7-16(8-12-20)15-19-21-13-9-17-5-1-2-6-18(17)21/h1-2,5-8,11-12,15H,3-4,9-10,13-14H2. The Balaban J connectivity index is 1.53. The quantitative estimate of drug-likeness (QED) is 0.326. The SMILES string of the molecule is O=S(=O)([O-])CCCC[n+]1ccc(C=NN2CCc3ccccc32)cc1. The van der Waals surface area contributed by atoms with Gasteiger partial charge in [0.2, 0.25) is 0 Å². The Morgan fingerprint density at radius 1 is 1.16 bits per heavy atom. The first-order valence-electron chi connectivity index (χ1n) is 8.33. The Morgan fingerprint density at radius 2 is 1.92 bits per heavy atom. The predicted molar refractivity (Wildman–Crippen MR) is 95.5 cm³/mol. The highest BCUT2D eigenvalue weighted by Gasteiger charge is 2.16. The molecule has 1 aliphatic heterocycles. The normalized spacial score (nSPS) is 14.2. The molecular formula is C18H21N3O3S. The highest BCUT2D eigenvalue weighted by Crippen LogP contribution is 2.27. The summed E-state index contributed by atoms with van der Waals surface area (Å²) in [6.07, 6.45) is 7.77. The van der Waals surface area contributed by atoms with Crippen molar-refractivity contribution in [2.45, 2.75) is 25.8 Å². The van der Waals surface area contributed by atoms with E-state index in [2.05, 4.69) is 23.3 Å². The molecule has 6 nitrogen and oxygen atoms in total. The smallest absolute Gasteiger partial charge is 0.169 e. The molecule has 0 bridgehead atoms. The minimum absolute atomic E-state index is 0.296. The molecule has 1 aromatic carbocycles. The fourth-order valence-corrected chi connectivity index (χ4v) is 3.41. The molecular weight excluding hydrogens is 338 g/mol. The van der Waals surface area contributed by atoms with Crippen LogP contribution in [0.5, 0.6) is 0 Å². The zero-order chi connectivity index (χ0) is 17.7. The maximum atomic E-state index is 10.6. The maximum Gasteiger partial charge on any atom is 0.169 e. The number of aromatic nitrogens is 1. The number of hydrogen-bond donors (Lipinski definition) is 0. The van der Waals surface area contributed by atoms with Gasteiger partial charge in [-0.25, -0.2) is 13.0 Å². The van der Waals surface area contributed by atoms with E-state index in [1.165, 1.54) is 5.56 Å². The molecule has 3 rings (SSSR count). The minimum Gasteiger partial charge on any atom is -0.748 e. The Kier molecular flexibility index (Phi) is 5.45. The third-order valence-electron chi connectivity index (χ3n) is 4.19. The van der Waals surface area contributed by atoms with Crippen LogP contribution in [0.1, 0.15) is 24.0 Å². The number of nitrogens with zero attached hydrogens (tertiary/aromatic N) is 3. The van der Waals surface area contributed by atoms with Crippen molar-refractivity contribution in [3.8, 4) is 0 Å². The number of aryl methyl sites for hydroxylation is 1. The summed E-state index contributed by atoms with van der Waals surface area (Å²) in [6.45, 7) is 1.58. The molecule has 7 heteroatoms. The topological polar surface area (TPSA) is 76.7 Å². The van der Waals surface area contributed by atoms with Gasteiger partial charge in [-0.2, -0.15) is 5.10 Å². The fraction of sp³-hybridized carbons (Fsp3) is 0.333. The molecule has 0 aliphatic carbocycles. The lowest BCUT2D eigenvalue weighted by Crippen LogP contribution is -2.32. The van der Waals surface area contributed by atoms with Gasteiger partial charge in [0, 0.05) is 36.4 Å². The van der Waals surface area contributed by atoms with E-state index in [0.29, 0.717) is 19.4 Å². The number of para-hydroxylation sites is 1. The summed E-state index contributed by atoms with van der Waals surface area (Å²) in [5.41, 5.74) is 3.49. The van der Waals surface area contributed by atoms with Crippen LogP contribution in [0, 0.1) is 0 Å². The van der Waals surface area contributed by atoms with E-state index in [9.17, 15) is 13.0 Å². The molecule has 1 aliphatic rings. The molecule has 0 atom stereocenters. The Bertz CT molecular complexity index is 848. The van der Waals surface area contributed by atoms with E-state index >= 15 is 0 Å².